The number of hydrogen-bond acceptors (Lipinski definition) is 11. The van der Waals surface area contributed by atoms with Crippen LogP contribution in [0.3, 0.4) is 0 Å². The molecule has 3 fully saturated rings. The van der Waals surface area contributed by atoms with E-state index in [0.29, 0.717) is 68.1 Å². The number of thiazole rings is 1. The Morgan fingerprint density at radius 1 is 1.05 bits per heavy atom. The van der Waals surface area contributed by atoms with Crippen molar-refractivity contribution in [2.24, 2.45) is 17.8 Å². The molecule has 3 N–H and O–H groups in total. The van der Waals surface area contributed by atoms with Crippen molar-refractivity contribution < 1.29 is 50.2 Å². The van der Waals surface area contributed by atoms with Crippen molar-refractivity contribution >= 4 is 45.2 Å². The second-order valence-electron chi connectivity index (χ2n) is 17.8. The highest BCUT2D eigenvalue weighted by Crippen LogP contribution is 2.48. The Morgan fingerprint density at radius 2 is 1.76 bits per heavy atom. The van der Waals surface area contributed by atoms with Gasteiger partial charge in [-0.15, -0.1) is 11.3 Å². The van der Waals surface area contributed by atoms with Crippen molar-refractivity contribution in [1.82, 2.24) is 30.2 Å². The molecule has 2 aliphatic heterocycles. The quantitative estimate of drug-likeness (QED) is 0.199. The van der Waals surface area contributed by atoms with E-state index < -0.39 is 85.9 Å². The number of pyridine rings is 1. The van der Waals surface area contributed by atoms with Crippen molar-refractivity contribution in [2.75, 3.05) is 6.54 Å². The average molecular weight is 901 g/mol. The van der Waals surface area contributed by atoms with Gasteiger partial charge in [0.25, 0.3) is 5.91 Å². The zero-order valence-electron chi connectivity index (χ0n) is 35.0. The molecule has 3 aromatic rings. The lowest BCUT2D eigenvalue weighted by Crippen LogP contribution is -2.59. The van der Waals surface area contributed by atoms with Gasteiger partial charge < -0.3 is 25.0 Å². The van der Waals surface area contributed by atoms with Crippen LogP contribution in [0, 0.1) is 17.8 Å². The Kier molecular flexibility index (Phi) is 12.3. The number of ether oxygens (including phenoxy) is 2. The zero-order chi connectivity index (χ0) is 44.8. The predicted molar refractivity (Wildman–Crippen MR) is 224 cm³/mol. The molecule has 2 aliphatic carbocycles. The number of carbonyl (C=O) groups excluding carboxylic acids is 4. The lowest BCUT2D eigenvalue weighted by Gasteiger charge is -2.34. The molecule has 7 rings (SSSR count). The third-order valence-corrected chi connectivity index (χ3v) is 15.3. The second kappa shape index (κ2) is 16.9. The van der Waals surface area contributed by atoms with Crippen molar-refractivity contribution in [1.29, 1.82) is 0 Å². The molecule has 14 nitrogen and oxygen atoms in total. The van der Waals surface area contributed by atoms with Crippen LogP contribution in [0.15, 0.2) is 66.2 Å². The second-order valence-corrected chi connectivity index (χ2v) is 20.8. The van der Waals surface area contributed by atoms with Gasteiger partial charge >= 0.3 is 12.3 Å². The number of benzene rings is 1. The van der Waals surface area contributed by atoms with Crippen molar-refractivity contribution in [3.8, 4) is 27.7 Å². The number of alkyl halides is 3. The van der Waals surface area contributed by atoms with E-state index in [1.54, 1.807) is 43.6 Å². The van der Waals surface area contributed by atoms with Crippen LogP contribution in [0.25, 0.3) is 22.0 Å². The summed E-state index contributed by atoms with van der Waals surface area (Å²) in [4.78, 5) is 67.2. The first-order chi connectivity index (χ1) is 29.1. The van der Waals surface area contributed by atoms with Crippen LogP contribution in [-0.2, 0) is 29.1 Å². The molecule has 4 amide bonds. The Bertz CT molecular complexity index is 2320. The molecule has 0 bridgehead atoms. The first kappa shape index (κ1) is 45.0. The number of fused-ring (bicyclic) bond motifs is 2. The molecule has 0 radical (unpaired) electrons. The number of halogens is 3. The van der Waals surface area contributed by atoms with Gasteiger partial charge in [-0.1, -0.05) is 56.3 Å². The molecular weight excluding hydrogens is 850 g/mol. The fraction of sp³-hybridized carbons (Fsp3) is 0.535. The number of carbonyl (C=O) groups is 4. The Hall–Kier alpha value is -5.04. The molecule has 7 atom stereocenters. The fourth-order valence-electron chi connectivity index (χ4n) is 8.03. The summed E-state index contributed by atoms with van der Waals surface area (Å²) in [5, 5.41) is 7.65. The normalized spacial score (nSPS) is 28.2. The van der Waals surface area contributed by atoms with Gasteiger partial charge in [0.15, 0.2) is 0 Å². The lowest BCUT2D eigenvalue weighted by atomic mass is 9.88. The van der Waals surface area contributed by atoms with E-state index in [-0.39, 0.29) is 25.3 Å². The summed E-state index contributed by atoms with van der Waals surface area (Å²) in [6, 6.07) is 10.00. The van der Waals surface area contributed by atoms with Crippen LogP contribution < -0.4 is 20.1 Å². The molecule has 2 saturated carbocycles. The first-order valence-electron chi connectivity index (χ1n) is 20.7. The molecule has 334 valence electrons. The minimum absolute atomic E-state index is 0.0426. The maximum atomic E-state index is 14.9. The van der Waals surface area contributed by atoms with Crippen LogP contribution in [-0.4, -0.2) is 93.9 Å². The molecule has 0 spiro atoms. The number of sulfonamides is 1. The van der Waals surface area contributed by atoms with Gasteiger partial charge in [-0.05, 0) is 71.1 Å². The molecule has 1 saturated heterocycles. The van der Waals surface area contributed by atoms with E-state index in [0.717, 1.165) is 5.56 Å². The van der Waals surface area contributed by atoms with Crippen LogP contribution in [0.2, 0.25) is 0 Å². The first-order valence-corrected chi connectivity index (χ1v) is 23.0. The van der Waals surface area contributed by atoms with E-state index in [4.69, 9.17) is 14.5 Å². The maximum absolute atomic E-state index is 14.9. The Balaban J connectivity index is 1.24. The topological polar surface area (TPSA) is 186 Å². The molecule has 4 aliphatic rings. The fourth-order valence-corrected chi connectivity index (χ4v) is 9.93. The number of amides is 4. The highest BCUT2D eigenvalue weighted by Gasteiger charge is 2.63. The summed E-state index contributed by atoms with van der Waals surface area (Å²) < 4.78 is 80.4. The van der Waals surface area contributed by atoms with Crippen molar-refractivity contribution in [2.45, 2.75) is 120 Å². The number of allylic oxidation sites excluding steroid dienone is 1. The summed E-state index contributed by atoms with van der Waals surface area (Å²) in [5.41, 5.74) is -2.67. The van der Waals surface area contributed by atoms with Gasteiger partial charge in [0.1, 0.15) is 40.2 Å². The summed E-state index contributed by atoms with van der Waals surface area (Å²) >= 11 is 1.37. The Labute approximate surface area is 362 Å². The minimum Gasteiger partial charge on any atom is -0.488 e. The van der Waals surface area contributed by atoms with Gasteiger partial charge in [0, 0.05) is 41.6 Å². The number of hydrogen-bond donors (Lipinski definition) is 3. The zero-order valence-corrected chi connectivity index (χ0v) is 36.7. The highest BCUT2D eigenvalue weighted by molar-refractivity contribution is 7.91. The summed E-state index contributed by atoms with van der Waals surface area (Å²) in [7, 11) is -4.09. The van der Waals surface area contributed by atoms with Crippen molar-refractivity contribution in [3.05, 3.63) is 66.2 Å². The van der Waals surface area contributed by atoms with Gasteiger partial charge in [-0.2, -0.15) is 13.2 Å². The summed E-state index contributed by atoms with van der Waals surface area (Å²) in [6.07, 6.45) is 0.320. The number of aromatic nitrogens is 2. The van der Waals surface area contributed by atoms with E-state index in [1.165, 1.54) is 16.2 Å². The molecule has 62 heavy (non-hydrogen) atoms. The monoisotopic (exact) mass is 900 g/mol. The van der Waals surface area contributed by atoms with Crippen molar-refractivity contribution in [3.63, 3.8) is 0 Å². The third kappa shape index (κ3) is 9.47. The van der Waals surface area contributed by atoms with Gasteiger partial charge in [-0.25, -0.2) is 23.2 Å². The summed E-state index contributed by atoms with van der Waals surface area (Å²) in [6.45, 7) is 6.37. The van der Waals surface area contributed by atoms with Gasteiger partial charge in [-0.3, -0.25) is 19.1 Å². The van der Waals surface area contributed by atoms with E-state index in [1.807, 2.05) is 43.3 Å². The molecular formula is C43H51F3N6O8S2. The molecule has 2 aromatic heterocycles. The van der Waals surface area contributed by atoms with Gasteiger partial charge in [0.2, 0.25) is 27.4 Å². The molecule has 0 unspecified atom stereocenters. The summed E-state index contributed by atoms with van der Waals surface area (Å²) in [5.74, 6) is -3.33. The highest BCUT2D eigenvalue weighted by atomic mass is 32.2. The van der Waals surface area contributed by atoms with Crippen LogP contribution in [0.4, 0.5) is 18.0 Å². The largest absolute Gasteiger partial charge is 0.488 e. The number of rotatable bonds is 9. The molecule has 4 heterocycles. The van der Waals surface area contributed by atoms with Gasteiger partial charge in [0.05, 0.1) is 17.0 Å². The molecule has 1 aromatic carbocycles. The maximum Gasteiger partial charge on any atom is 0.427 e. The minimum atomic E-state index is -4.92. The van der Waals surface area contributed by atoms with Crippen LogP contribution >= 0.6 is 11.3 Å². The predicted octanol–water partition coefficient (Wildman–Crippen LogP) is 6.54. The van der Waals surface area contributed by atoms with Crippen LogP contribution in [0.5, 0.6) is 5.75 Å². The SMILES string of the molecule is C[C@@H]1CC/C=C\[C@@H]2C[C@@]2(C(=O)NS(=O)(=O)C2(C)CC2)NC(=O)[C@@H]2C[C@@H](Oc3cc(-c4ccccc4)nc(-c4nccs4)c3)CN2C(=O)[C@@H](NC(=O)OC(C)(C)C(F)(F)F)[C@H](C)C1. The van der Waals surface area contributed by atoms with Crippen LogP contribution in [0.1, 0.15) is 79.6 Å². The molecule has 19 heteroatoms. The standard InChI is InChI=1S/C43H51F3N6O8S2/c1-25-11-9-10-14-28-23-42(28,38(55)51-62(57,58)41(5)15-16-41)50-35(53)33-22-30(24-52(33)37(54)34(26(2)19-25)49-39(56)60-40(3,4)43(44,45)46)59-29-20-31(27-12-7-6-8-13-27)48-32(21-29)36-47-17-18-61-36/h6-8,10,12-14,17-18,20-21,25-26,28,30,33-34H,9,11,15-16,19,22-24H2,1-5H3,(H,49,56)(H,50,53)(H,51,55)/b14-10-/t25-,26-,28-,30-,33+,34+,42-/m1/s1. The Morgan fingerprint density at radius 3 is 2.42 bits per heavy atom. The number of nitrogens with one attached hydrogen (secondary N) is 3. The van der Waals surface area contributed by atoms with E-state index in [9.17, 15) is 40.8 Å². The van der Waals surface area contributed by atoms with E-state index in [2.05, 4.69) is 20.3 Å². The smallest absolute Gasteiger partial charge is 0.427 e. The number of alkyl carbamates (subject to hydrolysis) is 1. The lowest BCUT2D eigenvalue weighted by molar-refractivity contribution is -0.244. The number of nitrogens with zero attached hydrogens (tertiary/aromatic N) is 3. The van der Waals surface area contributed by atoms with E-state index >= 15 is 0 Å². The third-order valence-electron chi connectivity index (χ3n) is 12.4. The average Bonchev–Trinajstić information content (AvgIpc) is 3.95.